The van der Waals surface area contributed by atoms with E-state index in [1.54, 1.807) is 14.1 Å². The highest BCUT2D eigenvalue weighted by molar-refractivity contribution is 5.88. The normalized spacial score (nSPS) is 11.9. The highest BCUT2D eigenvalue weighted by Crippen LogP contribution is 2.15. The Morgan fingerprint density at radius 3 is 2.21 bits per heavy atom. The predicted octanol–water partition coefficient (Wildman–Crippen LogP) is -0.251. The molecule has 7 heteroatoms. The van der Waals surface area contributed by atoms with Gasteiger partial charge in [-0.2, -0.15) is 0 Å². The summed E-state index contributed by atoms with van der Waals surface area (Å²) in [5.74, 6) is -1.51. The van der Waals surface area contributed by atoms with Gasteiger partial charge < -0.3 is 10.2 Å². The van der Waals surface area contributed by atoms with Gasteiger partial charge in [-0.3, -0.25) is 19.6 Å². The number of hydroxylamine groups is 1. The van der Waals surface area contributed by atoms with Crippen molar-refractivity contribution in [3.8, 4) is 0 Å². The Morgan fingerprint density at radius 1 is 1.21 bits per heavy atom. The van der Waals surface area contributed by atoms with E-state index in [4.69, 9.17) is 5.21 Å². The van der Waals surface area contributed by atoms with E-state index in [1.807, 2.05) is 13.8 Å². The molecule has 0 spiro atoms. The van der Waals surface area contributed by atoms with Gasteiger partial charge in [0.05, 0.1) is 6.54 Å². The van der Waals surface area contributed by atoms with E-state index in [0.717, 1.165) is 0 Å². The summed E-state index contributed by atoms with van der Waals surface area (Å²) in [6.45, 7) is 3.77. The quantitative estimate of drug-likeness (QED) is 0.440. The Morgan fingerprint density at radius 2 is 1.79 bits per heavy atom. The van der Waals surface area contributed by atoms with Gasteiger partial charge in [0.15, 0.2) is 0 Å². The van der Waals surface area contributed by atoms with Crippen molar-refractivity contribution in [2.75, 3.05) is 20.6 Å². The van der Waals surface area contributed by atoms with E-state index in [1.165, 1.54) is 10.4 Å². The molecular weight excluding hydrogens is 250 g/mol. The molecule has 3 N–H and O–H groups in total. The minimum atomic E-state index is -0.611. The van der Waals surface area contributed by atoms with Crippen molar-refractivity contribution in [3.05, 3.63) is 0 Å². The lowest BCUT2D eigenvalue weighted by Gasteiger charge is -2.18. The summed E-state index contributed by atoms with van der Waals surface area (Å²) < 4.78 is 0. The Hall–Kier alpha value is -1.63. The third-order valence-electron chi connectivity index (χ3n) is 2.60. The van der Waals surface area contributed by atoms with Crippen LogP contribution in [0.1, 0.15) is 26.7 Å². The van der Waals surface area contributed by atoms with Crippen LogP contribution < -0.4 is 10.8 Å². The van der Waals surface area contributed by atoms with Gasteiger partial charge in [0, 0.05) is 26.4 Å². The van der Waals surface area contributed by atoms with E-state index >= 15 is 0 Å². The van der Waals surface area contributed by atoms with Crippen LogP contribution >= 0.6 is 0 Å². The monoisotopic (exact) mass is 273 g/mol. The molecule has 0 aliphatic carbocycles. The molecule has 0 aliphatic rings. The number of carbonyl (C=O) groups is 3. The van der Waals surface area contributed by atoms with Crippen LogP contribution in [0.15, 0.2) is 0 Å². The molecule has 0 saturated heterocycles. The molecule has 7 nitrogen and oxygen atoms in total. The van der Waals surface area contributed by atoms with Crippen LogP contribution in [0.2, 0.25) is 0 Å². The number of carbonyl (C=O) groups excluding carboxylic acids is 3. The van der Waals surface area contributed by atoms with Crippen molar-refractivity contribution in [3.63, 3.8) is 0 Å². The van der Waals surface area contributed by atoms with Gasteiger partial charge in [-0.05, 0) is 12.3 Å². The highest BCUT2D eigenvalue weighted by atomic mass is 16.5. The molecule has 0 rings (SSSR count). The van der Waals surface area contributed by atoms with Crippen molar-refractivity contribution in [2.45, 2.75) is 26.7 Å². The highest BCUT2D eigenvalue weighted by Gasteiger charge is 2.23. The van der Waals surface area contributed by atoms with E-state index in [9.17, 15) is 14.4 Å². The lowest BCUT2D eigenvalue weighted by Crippen LogP contribution is -2.40. The zero-order valence-electron chi connectivity index (χ0n) is 11.9. The number of rotatable bonds is 7. The molecule has 0 radical (unpaired) electrons. The fourth-order valence-electron chi connectivity index (χ4n) is 1.59. The van der Waals surface area contributed by atoms with Crippen LogP contribution in [0.4, 0.5) is 0 Å². The molecule has 0 unspecified atom stereocenters. The molecule has 0 aromatic carbocycles. The van der Waals surface area contributed by atoms with E-state index in [2.05, 4.69) is 5.32 Å². The SMILES string of the molecule is CC(C)C[C@H](CC(=O)NO)C(=O)NCC(=O)N(C)C. The van der Waals surface area contributed by atoms with Crippen LogP contribution in [0.25, 0.3) is 0 Å². The standard InChI is InChI=1S/C12H23N3O4/c1-8(2)5-9(6-10(16)14-19)12(18)13-7-11(17)15(3)4/h8-9,19H,5-7H2,1-4H3,(H,13,18)(H,14,16)/t9-/m1/s1. The second kappa shape index (κ2) is 8.47. The summed E-state index contributed by atoms with van der Waals surface area (Å²) in [5, 5.41) is 11.0. The number of nitrogens with zero attached hydrogens (tertiary/aromatic N) is 1. The summed E-state index contributed by atoms with van der Waals surface area (Å²) in [5.41, 5.74) is 1.51. The van der Waals surface area contributed by atoms with Crippen molar-refractivity contribution < 1.29 is 19.6 Å². The minimum absolute atomic E-state index is 0.0961. The lowest BCUT2D eigenvalue weighted by atomic mass is 9.93. The minimum Gasteiger partial charge on any atom is -0.347 e. The first-order valence-corrected chi connectivity index (χ1v) is 6.18. The average Bonchev–Trinajstić information content (AvgIpc) is 2.33. The van der Waals surface area contributed by atoms with Crippen LogP contribution in [0, 0.1) is 11.8 Å². The lowest BCUT2D eigenvalue weighted by molar-refractivity contribution is -0.136. The largest absolute Gasteiger partial charge is 0.347 e. The molecule has 0 saturated carbocycles. The molecule has 0 heterocycles. The molecule has 3 amide bonds. The number of amides is 3. The molecule has 0 fully saturated rings. The maximum absolute atomic E-state index is 11.9. The topological polar surface area (TPSA) is 98.7 Å². The number of hydrogen-bond donors (Lipinski definition) is 3. The number of nitrogens with one attached hydrogen (secondary N) is 2. The fraction of sp³-hybridized carbons (Fsp3) is 0.750. The maximum Gasteiger partial charge on any atom is 0.244 e. The van der Waals surface area contributed by atoms with Gasteiger partial charge in [0.25, 0.3) is 0 Å². The van der Waals surface area contributed by atoms with E-state index in [-0.39, 0.29) is 30.7 Å². The van der Waals surface area contributed by atoms with Gasteiger partial charge >= 0.3 is 0 Å². The molecule has 0 aromatic rings. The first-order valence-electron chi connectivity index (χ1n) is 6.18. The first kappa shape index (κ1) is 17.4. The Labute approximate surface area is 113 Å². The van der Waals surface area contributed by atoms with Crippen LogP contribution in [-0.2, 0) is 14.4 Å². The third kappa shape index (κ3) is 7.40. The summed E-state index contributed by atoms with van der Waals surface area (Å²) >= 11 is 0. The van der Waals surface area contributed by atoms with Crippen molar-refractivity contribution in [2.24, 2.45) is 11.8 Å². The molecule has 1 atom stereocenters. The molecular formula is C12H23N3O4. The first-order chi connectivity index (χ1) is 8.77. The summed E-state index contributed by atoms with van der Waals surface area (Å²) in [4.78, 5) is 35.8. The van der Waals surface area contributed by atoms with Crippen molar-refractivity contribution in [1.29, 1.82) is 0 Å². The van der Waals surface area contributed by atoms with Crippen LogP contribution in [-0.4, -0.2) is 48.5 Å². The van der Waals surface area contributed by atoms with Gasteiger partial charge in [0.2, 0.25) is 17.7 Å². The van der Waals surface area contributed by atoms with E-state index in [0.29, 0.717) is 6.42 Å². The molecule has 19 heavy (non-hydrogen) atoms. The predicted molar refractivity (Wildman–Crippen MR) is 69.2 cm³/mol. The van der Waals surface area contributed by atoms with Crippen molar-refractivity contribution >= 4 is 17.7 Å². The smallest absolute Gasteiger partial charge is 0.244 e. The summed E-state index contributed by atoms with van der Waals surface area (Å²) in [7, 11) is 3.19. The molecule has 0 aliphatic heterocycles. The van der Waals surface area contributed by atoms with Crippen molar-refractivity contribution in [1.82, 2.24) is 15.7 Å². The zero-order valence-corrected chi connectivity index (χ0v) is 11.9. The fourth-order valence-corrected chi connectivity index (χ4v) is 1.59. The third-order valence-corrected chi connectivity index (χ3v) is 2.60. The average molecular weight is 273 g/mol. The Balaban J connectivity index is 4.45. The van der Waals surface area contributed by atoms with Crippen LogP contribution in [0.3, 0.4) is 0 Å². The second-order valence-electron chi connectivity index (χ2n) is 5.07. The zero-order chi connectivity index (χ0) is 15.0. The van der Waals surface area contributed by atoms with Gasteiger partial charge in [-0.15, -0.1) is 0 Å². The second-order valence-corrected chi connectivity index (χ2v) is 5.07. The molecule has 0 aromatic heterocycles. The summed E-state index contributed by atoms with van der Waals surface area (Å²) in [6, 6.07) is 0. The van der Waals surface area contributed by atoms with Crippen LogP contribution in [0.5, 0.6) is 0 Å². The van der Waals surface area contributed by atoms with Gasteiger partial charge in [-0.1, -0.05) is 13.8 Å². The maximum atomic E-state index is 11.9. The Bertz CT molecular complexity index is 329. The molecule has 110 valence electrons. The molecule has 0 bridgehead atoms. The summed E-state index contributed by atoms with van der Waals surface area (Å²) in [6.07, 6.45) is 0.409. The number of likely N-dealkylation sites (N-methyl/N-ethyl adjacent to an activating group) is 1. The number of hydrogen-bond acceptors (Lipinski definition) is 4. The Kier molecular flexibility index (Phi) is 7.74. The van der Waals surface area contributed by atoms with E-state index < -0.39 is 11.8 Å². The van der Waals surface area contributed by atoms with Gasteiger partial charge in [-0.25, -0.2) is 5.48 Å². The van der Waals surface area contributed by atoms with Gasteiger partial charge in [0.1, 0.15) is 0 Å².